The Morgan fingerprint density at radius 1 is 1.04 bits per heavy atom. The van der Waals surface area contributed by atoms with Crippen molar-refractivity contribution in [2.75, 3.05) is 6.54 Å². The van der Waals surface area contributed by atoms with Gasteiger partial charge in [0, 0.05) is 24.4 Å². The predicted octanol–water partition coefficient (Wildman–Crippen LogP) is 4.74. The molecule has 0 spiro atoms. The van der Waals surface area contributed by atoms with E-state index in [0.29, 0.717) is 13.1 Å². The van der Waals surface area contributed by atoms with Crippen molar-refractivity contribution in [1.82, 2.24) is 10.4 Å². The monoisotopic (exact) mass is 371 g/mol. The zero-order chi connectivity index (χ0) is 18.9. The summed E-state index contributed by atoms with van der Waals surface area (Å²) in [6.45, 7) is 1.40. The number of rotatable bonds is 3. The average molecular weight is 371 g/mol. The smallest absolute Gasteiger partial charge is 0.307 e. The number of hydrogen-bond acceptors (Lipinski definition) is 3. The van der Waals surface area contributed by atoms with Crippen LogP contribution in [0.4, 0.5) is 13.2 Å². The van der Waals surface area contributed by atoms with Gasteiger partial charge in [-0.05, 0) is 35.8 Å². The van der Waals surface area contributed by atoms with Crippen molar-refractivity contribution in [3.8, 4) is 0 Å². The number of halogens is 3. The lowest BCUT2D eigenvalue weighted by atomic mass is 9.89. The zero-order valence-corrected chi connectivity index (χ0v) is 14.7. The van der Waals surface area contributed by atoms with Crippen LogP contribution in [0.25, 0.3) is 0 Å². The largest absolute Gasteiger partial charge is 0.416 e. The van der Waals surface area contributed by atoms with Gasteiger partial charge < -0.3 is 5.01 Å². The summed E-state index contributed by atoms with van der Waals surface area (Å²) in [7, 11) is 0. The molecule has 4 rings (SSSR count). The van der Waals surface area contributed by atoms with Crippen molar-refractivity contribution in [1.29, 1.82) is 0 Å². The van der Waals surface area contributed by atoms with Crippen LogP contribution in [0.15, 0.2) is 71.4 Å². The third-order valence-corrected chi connectivity index (χ3v) is 5.09. The van der Waals surface area contributed by atoms with Crippen LogP contribution in [0, 0.1) is 5.92 Å². The second kappa shape index (κ2) is 7.19. The molecule has 0 saturated carbocycles. The van der Waals surface area contributed by atoms with Crippen molar-refractivity contribution in [3.05, 3.63) is 83.1 Å². The molecule has 0 amide bonds. The quantitative estimate of drug-likeness (QED) is 0.844. The van der Waals surface area contributed by atoms with Gasteiger partial charge in [-0.15, -0.1) is 0 Å². The minimum atomic E-state index is -4.32. The van der Waals surface area contributed by atoms with Crippen LogP contribution >= 0.6 is 0 Å². The standard InChI is InChI=1S/C21H20F3N3/c22-21(23,24)17-8-6-16(7-9-17)20-18-10-12-25-13-11-19(18)27(26-20)14-15-4-2-1-3-5-15/h1-9,11,13,18,20,26H,10,12,14H2. The second-order valence-electron chi connectivity index (χ2n) is 6.84. The summed E-state index contributed by atoms with van der Waals surface area (Å²) in [5.41, 5.74) is 6.04. The second-order valence-corrected chi connectivity index (χ2v) is 6.84. The van der Waals surface area contributed by atoms with Gasteiger partial charge in [-0.25, -0.2) is 5.43 Å². The molecule has 0 aromatic heterocycles. The van der Waals surface area contributed by atoms with Crippen molar-refractivity contribution in [2.24, 2.45) is 10.9 Å². The predicted molar refractivity (Wildman–Crippen MR) is 98.9 cm³/mol. The maximum Gasteiger partial charge on any atom is 0.416 e. The number of hydrazine groups is 1. The first kappa shape index (κ1) is 17.8. The van der Waals surface area contributed by atoms with Gasteiger partial charge in [-0.1, -0.05) is 42.5 Å². The van der Waals surface area contributed by atoms with Gasteiger partial charge >= 0.3 is 6.18 Å². The average Bonchev–Trinajstić information content (AvgIpc) is 2.83. The number of fused-ring (bicyclic) bond motifs is 1. The lowest BCUT2D eigenvalue weighted by Crippen LogP contribution is -2.31. The molecule has 2 unspecified atom stereocenters. The van der Waals surface area contributed by atoms with Crippen molar-refractivity contribution in [2.45, 2.75) is 25.2 Å². The van der Waals surface area contributed by atoms with Crippen LogP contribution in [-0.4, -0.2) is 17.8 Å². The fraction of sp³-hybridized carbons (Fsp3) is 0.286. The molecule has 3 nitrogen and oxygen atoms in total. The van der Waals surface area contributed by atoms with E-state index < -0.39 is 11.7 Å². The van der Waals surface area contributed by atoms with E-state index in [0.717, 1.165) is 29.8 Å². The fourth-order valence-electron chi connectivity index (χ4n) is 3.74. The number of hydrogen-bond donors (Lipinski definition) is 1. The molecule has 0 bridgehead atoms. The van der Waals surface area contributed by atoms with E-state index in [1.807, 2.05) is 30.5 Å². The SMILES string of the molecule is FC(F)(F)c1ccc(C2NN(Cc3ccccc3)C3=CC=NCCC32)cc1. The number of benzene rings is 2. The molecular formula is C21H20F3N3. The molecular weight excluding hydrogens is 351 g/mol. The van der Waals surface area contributed by atoms with Gasteiger partial charge in [0.15, 0.2) is 0 Å². The molecule has 1 fully saturated rings. The topological polar surface area (TPSA) is 27.6 Å². The molecule has 6 heteroatoms. The Balaban J connectivity index is 1.61. The highest BCUT2D eigenvalue weighted by molar-refractivity contribution is 5.72. The Labute approximate surface area is 156 Å². The Morgan fingerprint density at radius 3 is 2.48 bits per heavy atom. The molecule has 1 N–H and O–H groups in total. The zero-order valence-electron chi connectivity index (χ0n) is 14.7. The Bertz CT molecular complexity index is 841. The van der Waals surface area contributed by atoms with Crippen molar-refractivity contribution < 1.29 is 13.2 Å². The highest BCUT2D eigenvalue weighted by atomic mass is 19.4. The van der Waals surface area contributed by atoms with Gasteiger partial charge in [-0.3, -0.25) is 4.99 Å². The summed E-state index contributed by atoms with van der Waals surface area (Å²) in [5.74, 6) is 0.174. The number of nitrogens with zero attached hydrogens (tertiary/aromatic N) is 2. The van der Waals surface area contributed by atoms with Crippen LogP contribution in [0.3, 0.4) is 0 Å². The normalized spacial score (nSPS) is 22.3. The molecule has 2 aliphatic rings. The molecule has 1 saturated heterocycles. The van der Waals surface area contributed by atoms with Gasteiger partial charge in [0.05, 0.1) is 18.2 Å². The molecule has 2 atom stereocenters. The molecule has 27 heavy (non-hydrogen) atoms. The van der Waals surface area contributed by atoms with E-state index in [1.54, 1.807) is 12.1 Å². The first-order valence-electron chi connectivity index (χ1n) is 8.97. The summed E-state index contributed by atoms with van der Waals surface area (Å²) < 4.78 is 38.6. The maximum atomic E-state index is 12.9. The van der Waals surface area contributed by atoms with Crippen molar-refractivity contribution >= 4 is 6.21 Å². The molecule has 2 heterocycles. The Hall–Kier alpha value is -2.60. The maximum absolute atomic E-state index is 12.9. The molecule has 2 aromatic rings. The van der Waals surface area contributed by atoms with Crippen LogP contribution < -0.4 is 5.43 Å². The van der Waals surface area contributed by atoms with Crippen LogP contribution in [0.1, 0.15) is 29.2 Å². The molecule has 0 aliphatic carbocycles. The highest BCUT2D eigenvalue weighted by Crippen LogP contribution is 2.40. The van der Waals surface area contributed by atoms with E-state index in [4.69, 9.17) is 0 Å². The van der Waals surface area contributed by atoms with Gasteiger partial charge in [-0.2, -0.15) is 13.2 Å². The summed E-state index contributed by atoms with van der Waals surface area (Å²) in [6.07, 6.45) is 0.371. The van der Waals surface area contributed by atoms with E-state index in [-0.39, 0.29) is 12.0 Å². The summed E-state index contributed by atoms with van der Waals surface area (Å²) in [6, 6.07) is 15.5. The lowest BCUT2D eigenvalue weighted by molar-refractivity contribution is -0.137. The third kappa shape index (κ3) is 3.76. The lowest BCUT2D eigenvalue weighted by Gasteiger charge is -2.21. The summed E-state index contributed by atoms with van der Waals surface area (Å²) in [5, 5.41) is 2.10. The minimum absolute atomic E-state index is 0.0658. The van der Waals surface area contributed by atoms with E-state index >= 15 is 0 Å². The first-order valence-corrected chi connectivity index (χ1v) is 8.97. The molecule has 0 radical (unpaired) electrons. The molecule has 2 aliphatic heterocycles. The highest BCUT2D eigenvalue weighted by Gasteiger charge is 2.38. The molecule has 2 aromatic carbocycles. The van der Waals surface area contributed by atoms with E-state index in [2.05, 4.69) is 27.6 Å². The Kier molecular flexibility index (Phi) is 4.74. The van der Waals surface area contributed by atoms with Gasteiger partial charge in [0.1, 0.15) is 0 Å². The minimum Gasteiger partial charge on any atom is -0.307 e. The van der Waals surface area contributed by atoms with Crippen LogP contribution in [-0.2, 0) is 12.7 Å². The van der Waals surface area contributed by atoms with E-state index in [1.165, 1.54) is 5.56 Å². The van der Waals surface area contributed by atoms with Gasteiger partial charge in [0.25, 0.3) is 0 Å². The summed E-state index contributed by atoms with van der Waals surface area (Å²) >= 11 is 0. The number of alkyl halides is 3. The van der Waals surface area contributed by atoms with Crippen molar-refractivity contribution in [3.63, 3.8) is 0 Å². The molecule has 140 valence electrons. The number of aliphatic imine (C=N–C) groups is 1. The Morgan fingerprint density at radius 2 is 1.78 bits per heavy atom. The van der Waals surface area contributed by atoms with Crippen LogP contribution in [0.2, 0.25) is 0 Å². The first-order chi connectivity index (χ1) is 13.0. The number of allylic oxidation sites excluding steroid dienone is 1. The van der Waals surface area contributed by atoms with E-state index in [9.17, 15) is 13.2 Å². The van der Waals surface area contributed by atoms with Gasteiger partial charge in [0.2, 0.25) is 0 Å². The third-order valence-electron chi connectivity index (χ3n) is 5.09. The number of nitrogens with one attached hydrogen (secondary N) is 1. The summed E-state index contributed by atoms with van der Waals surface area (Å²) in [4.78, 5) is 4.36. The fourth-order valence-corrected chi connectivity index (χ4v) is 3.74. The van der Waals surface area contributed by atoms with Crippen LogP contribution in [0.5, 0.6) is 0 Å².